The molecule has 0 unspecified atom stereocenters. The Morgan fingerprint density at radius 3 is 2.56 bits per heavy atom. The molecule has 2 amide bonds. The van der Waals surface area contributed by atoms with Crippen molar-refractivity contribution in [1.29, 1.82) is 0 Å². The first-order chi connectivity index (χ1) is 15.3. The van der Waals surface area contributed by atoms with Crippen LogP contribution in [0.15, 0.2) is 66.9 Å². The fraction of sp³-hybridized carbons (Fsp3) is 0.320. The van der Waals surface area contributed by atoms with Gasteiger partial charge in [0.1, 0.15) is 0 Å². The number of carbonyl (C=O) groups excluding carboxylic acids is 1. The van der Waals surface area contributed by atoms with Gasteiger partial charge in [0.15, 0.2) is 0 Å². The maximum Gasteiger partial charge on any atom is 0.418 e. The second kappa shape index (κ2) is 10.4. The smallest absolute Gasteiger partial charge is 0.345 e. The molecule has 0 aliphatic rings. The van der Waals surface area contributed by atoms with Crippen molar-refractivity contribution in [2.75, 3.05) is 11.9 Å². The molecular weight excluding hydrogens is 415 g/mol. The minimum atomic E-state index is -4.54. The lowest BCUT2D eigenvalue weighted by atomic mass is 10.1. The van der Waals surface area contributed by atoms with Gasteiger partial charge in [0.25, 0.3) is 0 Å². The number of urea groups is 1. The molecular formula is C25H28F3N3O. The number of halogens is 3. The highest BCUT2D eigenvalue weighted by atomic mass is 19.4. The highest BCUT2D eigenvalue weighted by Gasteiger charge is 2.34. The van der Waals surface area contributed by atoms with E-state index in [4.69, 9.17) is 0 Å². The van der Waals surface area contributed by atoms with Crippen LogP contribution in [-0.4, -0.2) is 22.0 Å². The third kappa shape index (κ3) is 6.15. The van der Waals surface area contributed by atoms with E-state index in [1.54, 1.807) is 4.90 Å². The zero-order valence-electron chi connectivity index (χ0n) is 18.3. The number of hydrogen-bond acceptors (Lipinski definition) is 1. The number of aryl methyl sites for hydroxylation is 1. The molecule has 1 aromatic heterocycles. The van der Waals surface area contributed by atoms with Crippen LogP contribution < -0.4 is 5.32 Å². The molecule has 0 bridgehead atoms. The third-order valence-electron chi connectivity index (χ3n) is 5.25. The Balaban J connectivity index is 1.78. The van der Waals surface area contributed by atoms with Crippen LogP contribution in [0.2, 0.25) is 0 Å². The van der Waals surface area contributed by atoms with Crippen LogP contribution in [0, 0.1) is 6.92 Å². The fourth-order valence-corrected chi connectivity index (χ4v) is 3.58. The minimum Gasteiger partial charge on any atom is -0.345 e. The van der Waals surface area contributed by atoms with Gasteiger partial charge in [0, 0.05) is 25.0 Å². The van der Waals surface area contributed by atoms with Crippen molar-refractivity contribution in [1.82, 2.24) is 9.47 Å². The van der Waals surface area contributed by atoms with Crippen molar-refractivity contribution >= 4 is 11.7 Å². The average Bonchev–Trinajstić information content (AvgIpc) is 3.17. The van der Waals surface area contributed by atoms with Crippen LogP contribution in [-0.2, 0) is 19.3 Å². The summed E-state index contributed by atoms with van der Waals surface area (Å²) in [7, 11) is 0. The molecule has 0 saturated heterocycles. The van der Waals surface area contributed by atoms with Gasteiger partial charge in [-0.25, -0.2) is 4.79 Å². The summed E-state index contributed by atoms with van der Waals surface area (Å²) in [5.41, 5.74) is 2.14. The van der Waals surface area contributed by atoms with Gasteiger partial charge in [-0.2, -0.15) is 13.2 Å². The Labute approximate surface area is 186 Å². The van der Waals surface area contributed by atoms with Crippen LogP contribution in [0.25, 0.3) is 0 Å². The number of benzene rings is 2. The molecule has 4 nitrogen and oxygen atoms in total. The quantitative estimate of drug-likeness (QED) is 0.413. The molecule has 0 aliphatic carbocycles. The van der Waals surface area contributed by atoms with Gasteiger partial charge in [-0.05, 0) is 43.2 Å². The van der Waals surface area contributed by atoms with Crippen molar-refractivity contribution < 1.29 is 18.0 Å². The van der Waals surface area contributed by atoms with Gasteiger partial charge in [0.2, 0.25) is 0 Å². The molecule has 3 aromatic rings. The van der Waals surface area contributed by atoms with Crippen LogP contribution in [0.3, 0.4) is 0 Å². The molecule has 0 saturated carbocycles. The van der Waals surface area contributed by atoms with E-state index in [1.165, 1.54) is 23.8 Å². The van der Waals surface area contributed by atoms with Gasteiger partial charge in [0.05, 0.1) is 17.8 Å². The topological polar surface area (TPSA) is 37.3 Å². The van der Waals surface area contributed by atoms with E-state index in [-0.39, 0.29) is 5.69 Å². The zero-order chi connectivity index (χ0) is 23.1. The van der Waals surface area contributed by atoms with E-state index in [2.05, 4.69) is 16.0 Å². The number of hydrogen-bond donors (Lipinski definition) is 1. The van der Waals surface area contributed by atoms with E-state index >= 15 is 0 Å². The van der Waals surface area contributed by atoms with Gasteiger partial charge in [-0.3, -0.25) is 0 Å². The Hall–Kier alpha value is -3.22. The number of alkyl halides is 3. The summed E-state index contributed by atoms with van der Waals surface area (Å²) in [4.78, 5) is 14.5. The lowest BCUT2D eigenvalue weighted by Gasteiger charge is -2.25. The van der Waals surface area contributed by atoms with Crippen molar-refractivity contribution in [3.8, 4) is 0 Å². The summed E-state index contributed by atoms with van der Waals surface area (Å²) < 4.78 is 42.0. The van der Waals surface area contributed by atoms with Crippen molar-refractivity contribution in [2.24, 2.45) is 0 Å². The van der Waals surface area contributed by atoms with E-state index in [0.29, 0.717) is 19.6 Å². The monoisotopic (exact) mass is 443 g/mol. The number of carbonyl (C=O) groups is 1. The Kier molecular flexibility index (Phi) is 7.62. The Morgan fingerprint density at radius 2 is 1.84 bits per heavy atom. The predicted octanol–water partition coefficient (Wildman–Crippen LogP) is 6.70. The molecule has 0 radical (unpaired) electrons. The number of para-hydroxylation sites is 1. The molecule has 2 aromatic carbocycles. The second-order valence-electron chi connectivity index (χ2n) is 7.87. The highest BCUT2D eigenvalue weighted by molar-refractivity contribution is 5.90. The number of amides is 2. The fourth-order valence-electron chi connectivity index (χ4n) is 3.58. The van der Waals surface area contributed by atoms with E-state index in [1.807, 2.05) is 50.4 Å². The maximum atomic E-state index is 13.3. The Morgan fingerprint density at radius 1 is 1.06 bits per heavy atom. The van der Waals surface area contributed by atoms with Crippen LogP contribution in [0.1, 0.15) is 42.1 Å². The number of nitrogens with one attached hydrogen (secondary N) is 1. The molecule has 0 aliphatic heterocycles. The van der Waals surface area contributed by atoms with Crippen LogP contribution in [0.5, 0.6) is 0 Å². The summed E-state index contributed by atoms with van der Waals surface area (Å²) in [6.07, 6.45) is -0.965. The summed E-state index contributed by atoms with van der Waals surface area (Å²) in [5, 5.41) is 2.47. The molecule has 3 rings (SSSR count). The Bertz CT molecular complexity index is 1040. The zero-order valence-corrected chi connectivity index (χ0v) is 18.3. The van der Waals surface area contributed by atoms with Gasteiger partial charge in [-0.15, -0.1) is 0 Å². The largest absolute Gasteiger partial charge is 0.418 e. The lowest BCUT2D eigenvalue weighted by Crippen LogP contribution is -2.36. The molecule has 0 spiro atoms. The molecule has 0 atom stereocenters. The summed E-state index contributed by atoms with van der Waals surface area (Å²) >= 11 is 0. The normalized spacial score (nSPS) is 11.4. The number of rotatable bonds is 8. The number of anilines is 1. The first-order valence-corrected chi connectivity index (χ1v) is 10.7. The molecule has 1 heterocycles. The van der Waals surface area contributed by atoms with Crippen molar-refractivity contribution in [3.05, 3.63) is 89.2 Å². The summed E-state index contributed by atoms with van der Waals surface area (Å²) in [6.45, 7) is 5.46. The number of aromatic nitrogens is 1. The van der Waals surface area contributed by atoms with Gasteiger partial charge < -0.3 is 14.8 Å². The van der Waals surface area contributed by atoms with E-state index in [9.17, 15) is 18.0 Å². The van der Waals surface area contributed by atoms with Gasteiger partial charge in [-0.1, -0.05) is 55.3 Å². The first-order valence-electron chi connectivity index (χ1n) is 10.7. The van der Waals surface area contributed by atoms with E-state index in [0.717, 1.165) is 30.2 Å². The first kappa shape index (κ1) is 23.4. The molecule has 1 N–H and O–H groups in total. The lowest BCUT2D eigenvalue weighted by molar-refractivity contribution is -0.136. The van der Waals surface area contributed by atoms with Crippen molar-refractivity contribution in [3.63, 3.8) is 0 Å². The summed E-state index contributed by atoms with van der Waals surface area (Å²) in [5.74, 6) is 0. The third-order valence-corrected chi connectivity index (χ3v) is 5.25. The summed E-state index contributed by atoms with van der Waals surface area (Å²) in [6, 6.07) is 16.6. The van der Waals surface area contributed by atoms with Gasteiger partial charge >= 0.3 is 12.2 Å². The second-order valence-corrected chi connectivity index (χ2v) is 7.87. The number of nitrogens with zero attached hydrogens (tertiary/aromatic N) is 2. The molecule has 0 fully saturated rings. The molecule has 32 heavy (non-hydrogen) atoms. The van der Waals surface area contributed by atoms with Crippen LogP contribution in [0.4, 0.5) is 23.7 Å². The molecule has 170 valence electrons. The highest BCUT2D eigenvalue weighted by Crippen LogP contribution is 2.34. The number of unbranched alkanes of at least 4 members (excludes halogenated alkanes) is 1. The average molecular weight is 444 g/mol. The maximum absolute atomic E-state index is 13.3. The van der Waals surface area contributed by atoms with Crippen LogP contribution >= 0.6 is 0 Å². The molecule has 7 heteroatoms. The van der Waals surface area contributed by atoms with Crippen molar-refractivity contribution in [2.45, 2.75) is 46.0 Å². The minimum absolute atomic E-state index is 0.235. The standard InChI is InChI=1S/C25H28F3N3O/c1-3-4-14-31(24(32)29-23-13-6-5-12-22(23)25(26,27)28)18-21-11-8-15-30(21)17-20-10-7-9-19(2)16-20/h5-13,15-16H,3-4,14,17-18H2,1-2H3,(H,29,32). The predicted molar refractivity (Wildman–Crippen MR) is 120 cm³/mol. The van der Waals surface area contributed by atoms with E-state index < -0.39 is 17.8 Å². The SMILES string of the molecule is CCCCN(Cc1cccn1Cc1cccc(C)c1)C(=O)Nc1ccccc1C(F)(F)F.